The van der Waals surface area contributed by atoms with Crippen molar-refractivity contribution in [2.45, 2.75) is 58.5 Å². The van der Waals surface area contributed by atoms with E-state index in [0.717, 1.165) is 25.9 Å². The first-order valence-electron chi connectivity index (χ1n) is 7.18. The summed E-state index contributed by atoms with van der Waals surface area (Å²) in [5.74, 6) is 0.665. The van der Waals surface area contributed by atoms with Gasteiger partial charge in [0.2, 0.25) is 0 Å². The minimum atomic E-state index is 0.321. The van der Waals surface area contributed by atoms with Gasteiger partial charge in [0, 0.05) is 12.6 Å². The molecule has 1 aromatic carbocycles. The maximum Gasteiger partial charge on any atom is 0.0205 e. The average Bonchev–Trinajstić information content (AvgIpc) is 2.38. The second-order valence-corrected chi connectivity index (χ2v) is 5.35. The van der Waals surface area contributed by atoms with Gasteiger partial charge in [-0.1, -0.05) is 38.1 Å². The van der Waals surface area contributed by atoms with Crippen molar-refractivity contribution in [1.29, 1.82) is 0 Å². The van der Waals surface area contributed by atoms with Crippen molar-refractivity contribution >= 4 is 0 Å². The van der Waals surface area contributed by atoms with Gasteiger partial charge < -0.3 is 11.1 Å². The third kappa shape index (κ3) is 5.65. The Balaban J connectivity index is 2.27. The highest BCUT2D eigenvalue weighted by molar-refractivity contribution is 5.24. The van der Waals surface area contributed by atoms with Gasteiger partial charge >= 0.3 is 0 Å². The molecule has 0 fully saturated rings. The van der Waals surface area contributed by atoms with E-state index >= 15 is 0 Å². The Morgan fingerprint density at radius 3 is 2.39 bits per heavy atom. The molecule has 0 radical (unpaired) electrons. The molecule has 0 aliphatic heterocycles. The number of benzene rings is 1. The van der Waals surface area contributed by atoms with Gasteiger partial charge in [-0.15, -0.1) is 0 Å². The van der Waals surface area contributed by atoms with Crippen molar-refractivity contribution in [1.82, 2.24) is 5.32 Å². The van der Waals surface area contributed by atoms with Crippen LogP contribution in [0.1, 0.15) is 57.1 Å². The molecule has 2 heteroatoms. The standard InChI is InChI=1S/C16H28N2/c1-4-13(2)16-9-7-15(8-10-16)12-18-11-5-6-14(3)17/h7-10,13-14,18H,4-6,11-12,17H2,1-3H3. The quantitative estimate of drug-likeness (QED) is 0.692. The van der Waals surface area contributed by atoms with E-state index < -0.39 is 0 Å². The Kier molecular flexibility index (Phi) is 6.99. The lowest BCUT2D eigenvalue weighted by Gasteiger charge is -2.10. The van der Waals surface area contributed by atoms with Crippen LogP contribution in [0.3, 0.4) is 0 Å². The summed E-state index contributed by atoms with van der Waals surface area (Å²) in [4.78, 5) is 0. The second kappa shape index (κ2) is 8.28. The van der Waals surface area contributed by atoms with E-state index in [-0.39, 0.29) is 0 Å². The number of rotatable bonds is 8. The maximum atomic E-state index is 5.72. The third-order valence-electron chi connectivity index (χ3n) is 3.50. The lowest BCUT2D eigenvalue weighted by molar-refractivity contribution is 0.574. The lowest BCUT2D eigenvalue weighted by Crippen LogP contribution is -2.19. The van der Waals surface area contributed by atoms with Crippen LogP contribution in [0.25, 0.3) is 0 Å². The first kappa shape index (κ1) is 15.2. The fourth-order valence-corrected chi connectivity index (χ4v) is 1.98. The zero-order valence-electron chi connectivity index (χ0n) is 12.1. The van der Waals surface area contributed by atoms with Crippen molar-refractivity contribution in [3.8, 4) is 0 Å². The number of nitrogens with one attached hydrogen (secondary N) is 1. The summed E-state index contributed by atoms with van der Waals surface area (Å²) in [6.45, 7) is 8.59. The fraction of sp³-hybridized carbons (Fsp3) is 0.625. The molecular weight excluding hydrogens is 220 g/mol. The number of hydrogen-bond donors (Lipinski definition) is 2. The second-order valence-electron chi connectivity index (χ2n) is 5.35. The molecule has 0 bridgehead atoms. The molecule has 0 heterocycles. The molecular formula is C16H28N2. The molecule has 0 saturated carbocycles. The molecule has 102 valence electrons. The minimum absolute atomic E-state index is 0.321. The van der Waals surface area contributed by atoms with Gasteiger partial charge in [0.15, 0.2) is 0 Å². The van der Waals surface area contributed by atoms with Crippen LogP contribution in [-0.2, 0) is 6.54 Å². The van der Waals surface area contributed by atoms with Crippen molar-refractivity contribution < 1.29 is 0 Å². The molecule has 1 rings (SSSR count). The molecule has 0 amide bonds. The van der Waals surface area contributed by atoms with Crippen molar-refractivity contribution in [2.75, 3.05) is 6.54 Å². The zero-order chi connectivity index (χ0) is 13.4. The average molecular weight is 248 g/mol. The summed E-state index contributed by atoms with van der Waals surface area (Å²) in [6, 6.07) is 9.31. The van der Waals surface area contributed by atoms with Crippen LogP contribution in [0.15, 0.2) is 24.3 Å². The molecule has 2 unspecified atom stereocenters. The van der Waals surface area contributed by atoms with Crippen LogP contribution in [0.4, 0.5) is 0 Å². The largest absolute Gasteiger partial charge is 0.328 e. The van der Waals surface area contributed by atoms with Crippen molar-refractivity contribution in [3.63, 3.8) is 0 Å². The van der Waals surface area contributed by atoms with E-state index in [0.29, 0.717) is 12.0 Å². The predicted octanol–water partition coefficient (Wildman–Crippen LogP) is 3.42. The summed E-state index contributed by atoms with van der Waals surface area (Å²) < 4.78 is 0. The number of nitrogens with two attached hydrogens (primary N) is 1. The monoisotopic (exact) mass is 248 g/mol. The van der Waals surface area contributed by atoms with Crippen LogP contribution in [-0.4, -0.2) is 12.6 Å². The molecule has 1 aromatic rings. The van der Waals surface area contributed by atoms with Gasteiger partial charge in [0.25, 0.3) is 0 Å². The van der Waals surface area contributed by atoms with Gasteiger partial charge in [-0.25, -0.2) is 0 Å². The van der Waals surface area contributed by atoms with Crippen LogP contribution in [0, 0.1) is 0 Å². The van der Waals surface area contributed by atoms with E-state index in [9.17, 15) is 0 Å². The van der Waals surface area contributed by atoms with Crippen LogP contribution < -0.4 is 11.1 Å². The summed E-state index contributed by atoms with van der Waals surface area (Å²) >= 11 is 0. The van der Waals surface area contributed by atoms with E-state index in [1.165, 1.54) is 17.5 Å². The molecule has 0 spiro atoms. The zero-order valence-corrected chi connectivity index (χ0v) is 12.1. The normalized spacial score (nSPS) is 14.4. The minimum Gasteiger partial charge on any atom is -0.328 e. The fourth-order valence-electron chi connectivity index (χ4n) is 1.98. The first-order chi connectivity index (χ1) is 8.63. The topological polar surface area (TPSA) is 38.0 Å². The Bertz CT molecular complexity index is 316. The molecule has 0 saturated heterocycles. The highest BCUT2D eigenvalue weighted by Crippen LogP contribution is 2.18. The summed E-state index contributed by atoms with van der Waals surface area (Å²) in [6.07, 6.45) is 3.46. The summed E-state index contributed by atoms with van der Waals surface area (Å²) in [5.41, 5.74) is 8.52. The first-order valence-corrected chi connectivity index (χ1v) is 7.18. The van der Waals surface area contributed by atoms with E-state index in [1.54, 1.807) is 0 Å². The third-order valence-corrected chi connectivity index (χ3v) is 3.50. The van der Waals surface area contributed by atoms with Crippen LogP contribution in [0.5, 0.6) is 0 Å². The molecule has 18 heavy (non-hydrogen) atoms. The van der Waals surface area contributed by atoms with E-state index in [2.05, 4.69) is 50.4 Å². The van der Waals surface area contributed by atoms with Gasteiger partial charge in [-0.05, 0) is 49.8 Å². The number of hydrogen-bond acceptors (Lipinski definition) is 2. The summed E-state index contributed by atoms with van der Waals surface area (Å²) in [5, 5.41) is 3.46. The Morgan fingerprint density at radius 1 is 1.17 bits per heavy atom. The van der Waals surface area contributed by atoms with Crippen molar-refractivity contribution in [3.05, 3.63) is 35.4 Å². The summed E-state index contributed by atoms with van der Waals surface area (Å²) in [7, 11) is 0. The highest BCUT2D eigenvalue weighted by atomic mass is 14.8. The Hall–Kier alpha value is -0.860. The van der Waals surface area contributed by atoms with Gasteiger partial charge in [-0.2, -0.15) is 0 Å². The van der Waals surface area contributed by atoms with E-state index in [1.807, 2.05) is 0 Å². The lowest BCUT2D eigenvalue weighted by atomic mass is 9.98. The predicted molar refractivity (Wildman–Crippen MR) is 79.7 cm³/mol. The van der Waals surface area contributed by atoms with Gasteiger partial charge in [-0.3, -0.25) is 0 Å². The molecule has 3 N–H and O–H groups in total. The molecule has 2 nitrogen and oxygen atoms in total. The molecule has 0 aromatic heterocycles. The Labute approximate surface area is 112 Å². The van der Waals surface area contributed by atoms with Crippen LogP contribution >= 0.6 is 0 Å². The van der Waals surface area contributed by atoms with Crippen LogP contribution in [0.2, 0.25) is 0 Å². The van der Waals surface area contributed by atoms with Gasteiger partial charge in [0.1, 0.15) is 0 Å². The SMILES string of the molecule is CCC(C)c1ccc(CNCCCC(C)N)cc1. The Morgan fingerprint density at radius 2 is 1.83 bits per heavy atom. The highest BCUT2D eigenvalue weighted by Gasteiger charge is 2.02. The molecule has 2 atom stereocenters. The maximum absolute atomic E-state index is 5.72. The molecule has 0 aliphatic carbocycles. The van der Waals surface area contributed by atoms with Crippen molar-refractivity contribution in [2.24, 2.45) is 5.73 Å². The molecule has 0 aliphatic rings. The van der Waals surface area contributed by atoms with Gasteiger partial charge in [0.05, 0.1) is 0 Å². The smallest absolute Gasteiger partial charge is 0.0205 e. The van der Waals surface area contributed by atoms with E-state index in [4.69, 9.17) is 5.73 Å².